The van der Waals surface area contributed by atoms with Gasteiger partial charge in [-0.2, -0.15) is 0 Å². The number of carboxylic acids is 1. The van der Waals surface area contributed by atoms with E-state index in [1.54, 1.807) is 0 Å². The summed E-state index contributed by atoms with van der Waals surface area (Å²) in [6.45, 7) is 2.56. The second kappa shape index (κ2) is 6.24. The first-order chi connectivity index (χ1) is 9.52. The van der Waals surface area contributed by atoms with Crippen LogP contribution in [0, 0.1) is 5.92 Å². The van der Waals surface area contributed by atoms with Gasteiger partial charge >= 0.3 is 5.97 Å². The number of amides is 1. The van der Waals surface area contributed by atoms with Gasteiger partial charge in [-0.25, -0.2) is 4.79 Å². The zero-order valence-corrected chi connectivity index (χ0v) is 11.8. The van der Waals surface area contributed by atoms with Gasteiger partial charge in [0.25, 0.3) is 0 Å². The molecule has 2 rings (SSSR count). The Balaban J connectivity index is 2.10. The first kappa shape index (κ1) is 14.8. The Hall–Kier alpha value is -1.59. The third-order valence-electron chi connectivity index (χ3n) is 3.42. The Morgan fingerprint density at radius 2 is 2.25 bits per heavy atom. The summed E-state index contributed by atoms with van der Waals surface area (Å²) in [6.07, 6.45) is 1.41. The van der Waals surface area contributed by atoms with Gasteiger partial charge in [-0.3, -0.25) is 4.79 Å². The maximum absolute atomic E-state index is 12.2. The molecule has 20 heavy (non-hydrogen) atoms. The molecule has 1 heterocycles. The third-order valence-corrected chi connectivity index (χ3v) is 3.74. The molecule has 0 radical (unpaired) electrons. The van der Waals surface area contributed by atoms with Crippen molar-refractivity contribution in [3.8, 4) is 0 Å². The molecule has 1 saturated heterocycles. The molecule has 1 aliphatic rings. The van der Waals surface area contributed by atoms with E-state index in [0.29, 0.717) is 18.7 Å². The van der Waals surface area contributed by atoms with E-state index in [1.807, 2.05) is 6.92 Å². The van der Waals surface area contributed by atoms with Crippen LogP contribution in [0.25, 0.3) is 0 Å². The van der Waals surface area contributed by atoms with Crippen molar-refractivity contribution in [2.24, 2.45) is 5.92 Å². The maximum atomic E-state index is 12.2. The van der Waals surface area contributed by atoms with Crippen molar-refractivity contribution in [2.75, 3.05) is 11.9 Å². The molecule has 1 fully saturated rings. The highest BCUT2D eigenvalue weighted by molar-refractivity contribution is 6.34. The highest BCUT2D eigenvalue weighted by Crippen LogP contribution is 2.28. The molecule has 5 nitrogen and oxygen atoms in total. The monoisotopic (exact) mass is 297 g/mol. The Labute approximate surface area is 121 Å². The fraction of sp³-hybridized carbons (Fsp3) is 0.429. The largest absolute Gasteiger partial charge is 0.478 e. The van der Waals surface area contributed by atoms with Gasteiger partial charge in [0.2, 0.25) is 5.91 Å². The summed E-state index contributed by atoms with van der Waals surface area (Å²) in [5, 5.41) is 11.8. The average Bonchev–Trinajstić information content (AvgIpc) is 2.89. The molecule has 2 atom stereocenters. The van der Waals surface area contributed by atoms with E-state index in [4.69, 9.17) is 21.4 Å². The van der Waals surface area contributed by atoms with Crippen molar-refractivity contribution >= 4 is 29.2 Å². The molecule has 0 bridgehead atoms. The number of hydrogen-bond donors (Lipinski definition) is 2. The minimum atomic E-state index is -1.06. The molecule has 1 aromatic carbocycles. The lowest BCUT2D eigenvalue weighted by molar-refractivity contribution is -0.121. The Bertz CT molecular complexity index is 532. The number of carbonyl (C=O) groups excluding carboxylic acids is 1. The highest BCUT2D eigenvalue weighted by Gasteiger charge is 2.32. The fourth-order valence-corrected chi connectivity index (χ4v) is 2.55. The number of hydrogen-bond acceptors (Lipinski definition) is 3. The van der Waals surface area contributed by atoms with Crippen molar-refractivity contribution in [1.29, 1.82) is 0 Å². The van der Waals surface area contributed by atoms with E-state index >= 15 is 0 Å². The maximum Gasteiger partial charge on any atom is 0.335 e. The predicted octanol–water partition coefficient (Wildman–Crippen LogP) is 2.79. The van der Waals surface area contributed by atoms with Gasteiger partial charge in [-0.15, -0.1) is 0 Å². The molecule has 0 spiro atoms. The van der Waals surface area contributed by atoms with E-state index in [2.05, 4.69) is 5.32 Å². The predicted molar refractivity (Wildman–Crippen MR) is 75.2 cm³/mol. The van der Waals surface area contributed by atoms with Gasteiger partial charge in [0.05, 0.1) is 28.3 Å². The van der Waals surface area contributed by atoms with Crippen LogP contribution in [0.15, 0.2) is 18.2 Å². The van der Waals surface area contributed by atoms with E-state index < -0.39 is 5.97 Å². The van der Waals surface area contributed by atoms with E-state index in [0.717, 1.165) is 6.42 Å². The molecule has 1 amide bonds. The molecule has 2 unspecified atom stereocenters. The number of aromatic carboxylic acids is 1. The molecule has 0 aromatic heterocycles. The molecule has 0 saturated carbocycles. The highest BCUT2D eigenvalue weighted by atomic mass is 35.5. The van der Waals surface area contributed by atoms with Crippen LogP contribution in [0.1, 0.15) is 30.1 Å². The molecular weight excluding hydrogens is 282 g/mol. The van der Waals surface area contributed by atoms with Gasteiger partial charge in [0.1, 0.15) is 0 Å². The van der Waals surface area contributed by atoms with Crippen LogP contribution >= 0.6 is 11.6 Å². The first-order valence-corrected chi connectivity index (χ1v) is 6.86. The number of carbonyl (C=O) groups is 2. The Morgan fingerprint density at radius 3 is 2.85 bits per heavy atom. The summed E-state index contributed by atoms with van der Waals surface area (Å²) in [6, 6.07) is 4.23. The summed E-state index contributed by atoms with van der Waals surface area (Å²) in [5.41, 5.74) is 0.507. The van der Waals surface area contributed by atoms with E-state index in [9.17, 15) is 9.59 Å². The first-order valence-electron chi connectivity index (χ1n) is 6.48. The quantitative estimate of drug-likeness (QED) is 0.896. The topological polar surface area (TPSA) is 75.6 Å². The van der Waals surface area contributed by atoms with Crippen LogP contribution in [0.4, 0.5) is 5.69 Å². The smallest absolute Gasteiger partial charge is 0.335 e. The molecule has 108 valence electrons. The lowest BCUT2D eigenvalue weighted by Crippen LogP contribution is -2.29. The summed E-state index contributed by atoms with van der Waals surface area (Å²) < 4.78 is 5.48. The summed E-state index contributed by atoms with van der Waals surface area (Å²) in [5.74, 6) is -1.38. The normalized spacial score (nSPS) is 21.7. The summed E-state index contributed by atoms with van der Waals surface area (Å²) in [4.78, 5) is 23.0. The van der Waals surface area contributed by atoms with Crippen LogP contribution in [0.2, 0.25) is 5.02 Å². The van der Waals surface area contributed by atoms with Crippen LogP contribution < -0.4 is 5.32 Å². The van der Waals surface area contributed by atoms with Gasteiger partial charge in [-0.1, -0.05) is 18.5 Å². The van der Waals surface area contributed by atoms with Crippen LogP contribution in [0.3, 0.4) is 0 Å². The molecule has 0 aliphatic carbocycles. The SMILES string of the molecule is CCC1OCCC1C(=O)Nc1ccc(C(=O)O)cc1Cl. The molecule has 1 aliphatic heterocycles. The van der Waals surface area contributed by atoms with Crippen LogP contribution in [-0.4, -0.2) is 29.7 Å². The number of carboxylic acid groups (broad SMARTS) is 1. The van der Waals surface area contributed by atoms with Gasteiger partial charge < -0.3 is 15.2 Å². The van der Waals surface area contributed by atoms with Crippen molar-refractivity contribution in [2.45, 2.75) is 25.9 Å². The fourth-order valence-electron chi connectivity index (χ4n) is 2.33. The minimum absolute atomic E-state index is 0.0629. The van der Waals surface area contributed by atoms with Gasteiger partial charge in [-0.05, 0) is 31.0 Å². The van der Waals surface area contributed by atoms with E-state index in [1.165, 1.54) is 18.2 Å². The number of rotatable bonds is 4. The van der Waals surface area contributed by atoms with E-state index in [-0.39, 0.29) is 28.5 Å². The zero-order valence-electron chi connectivity index (χ0n) is 11.1. The number of ether oxygens (including phenoxy) is 1. The van der Waals surface area contributed by atoms with Crippen molar-refractivity contribution in [3.05, 3.63) is 28.8 Å². The standard InChI is InChI=1S/C14H16ClNO4/c1-2-12-9(5-6-20-12)13(17)16-11-4-3-8(14(18)19)7-10(11)15/h3-4,7,9,12H,2,5-6H2,1H3,(H,16,17)(H,18,19). The zero-order chi connectivity index (χ0) is 14.7. The van der Waals surface area contributed by atoms with Crippen LogP contribution in [-0.2, 0) is 9.53 Å². The van der Waals surface area contributed by atoms with Gasteiger partial charge in [0, 0.05) is 6.61 Å². The second-order valence-corrected chi connectivity index (χ2v) is 5.11. The summed E-state index contributed by atoms with van der Waals surface area (Å²) >= 11 is 5.99. The second-order valence-electron chi connectivity index (χ2n) is 4.70. The van der Waals surface area contributed by atoms with Crippen molar-refractivity contribution in [3.63, 3.8) is 0 Å². The Kier molecular flexibility index (Phi) is 4.62. The molecule has 2 N–H and O–H groups in total. The van der Waals surface area contributed by atoms with Crippen LogP contribution in [0.5, 0.6) is 0 Å². The summed E-state index contributed by atoms with van der Waals surface area (Å²) in [7, 11) is 0. The third kappa shape index (κ3) is 3.11. The molecular formula is C14H16ClNO4. The number of anilines is 1. The Morgan fingerprint density at radius 1 is 1.50 bits per heavy atom. The number of nitrogens with one attached hydrogen (secondary N) is 1. The number of halogens is 1. The van der Waals surface area contributed by atoms with Crippen molar-refractivity contribution < 1.29 is 19.4 Å². The molecule has 1 aromatic rings. The average molecular weight is 298 g/mol. The number of benzene rings is 1. The van der Waals surface area contributed by atoms with Gasteiger partial charge in [0.15, 0.2) is 0 Å². The lowest BCUT2D eigenvalue weighted by Gasteiger charge is -2.17. The minimum Gasteiger partial charge on any atom is -0.478 e. The molecule has 6 heteroatoms. The lowest BCUT2D eigenvalue weighted by atomic mass is 9.98. The van der Waals surface area contributed by atoms with Crippen molar-refractivity contribution in [1.82, 2.24) is 0 Å².